The van der Waals surface area contributed by atoms with Crippen molar-refractivity contribution in [2.45, 2.75) is 45.6 Å². The number of hydrogen-bond acceptors (Lipinski definition) is 6. The molecule has 3 aromatic rings. The van der Waals surface area contributed by atoms with Gasteiger partial charge in [0.1, 0.15) is 11.0 Å². The molecular formula is C21H26ClN7O. The maximum Gasteiger partial charge on any atom is 0.217 e. The lowest BCUT2D eigenvalue weighted by Gasteiger charge is -2.22. The van der Waals surface area contributed by atoms with Crippen molar-refractivity contribution in [3.63, 3.8) is 0 Å². The quantitative estimate of drug-likeness (QED) is 0.628. The van der Waals surface area contributed by atoms with Crippen LogP contribution in [0.5, 0.6) is 0 Å². The van der Waals surface area contributed by atoms with Crippen LogP contribution in [0.3, 0.4) is 0 Å². The van der Waals surface area contributed by atoms with E-state index >= 15 is 0 Å². The summed E-state index contributed by atoms with van der Waals surface area (Å²) in [5, 5.41) is 0.471. The fourth-order valence-electron chi connectivity index (χ4n) is 3.80. The topological polar surface area (TPSA) is 103 Å². The van der Waals surface area contributed by atoms with Gasteiger partial charge in [-0.25, -0.2) is 19.9 Å². The maximum absolute atomic E-state index is 11.3. The van der Waals surface area contributed by atoms with Gasteiger partial charge in [-0.15, -0.1) is 0 Å². The number of anilines is 1. The minimum Gasteiger partial charge on any atom is -0.370 e. The molecule has 0 bridgehead atoms. The SMILES string of the molecule is CC(C)(C)c1nc(N2CC[C@@H](CC(N)=O)C2)c2ncn(Cc3cccnc3Cl)c2n1. The van der Waals surface area contributed by atoms with Crippen LogP contribution in [0.2, 0.25) is 5.15 Å². The highest BCUT2D eigenvalue weighted by Crippen LogP contribution is 2.32. The largest absolute Gasteiger partial charge is 0.370 e. The van der Waals surface area contributed by atoms with E-state index in [2.05, 4.69) is 35.6 Å². The molecule has 4 heterocycles. The number of aromatic nitrogens is 5. The summed E-state index contributed by atoms with van der Waals surface area (Å²) in [4.78, 5) is 32.1. The van der Waals surface area contributed by atoms with E-state index in [0.717, 1.165) is 47.9 Å². The van der Waals surface area contributed by atoms with Crippen molar-refractivity contribution in [2.24, 2.45) is 11.7 Å². The second-order valence-electron chi connectivity index (χ2n) is 8.89. The number of pyridine rings is 1. The van der Waals surface area contributed by atoms with Gasteiger partial charge in [0.25, 0.3) is 0 Å². The van der Waals surface area contributed by atoms with Crippen molar-refractivity contribution in [2.75, 3.05) is 18.0 Å². The zero-order valence-corrected chi connectivity index (χ0v) is 18.2. The maximum atomic E-state index is 11.3. The van der Waals surface area contributed by atoms with E-state index in [4.69, 9.17) is 27.3 Å². The molecule has 0 spiro atoms. The van der Waals surface area contributed by atoms with Crippen LogP contribution in [0.1, 0.15) is 45.0 Å². The Kier molecular flexibility index (Phi) is 5.36. The smallest absolute Gasteiger partial charge is 0.217 e. The number of nitrogens with zero attached hydrogens (tertiary/aromatic N) is 6. The number of hydrogen-bond donors (Lipinski definition) is 1. The Morgan fingerprint density at radius 1 is 1.30 bits per heavy atom. The Morgan fingerprint density at radius 2 is 2.10 bits per heavy atom. The first-order chi connectivity index (χ1) is 14.2. The molecule has 2 N–H and O–H groups in total. The number of amides is 1. The average molecular weight is 428 g/mol. The van der Waals surface area contributed by atoms with E-state index in [0.29, 0.717) is 18.1 Å². The Hall–Kier alpha value is -2.74. The van der Waals surface area contributed by atoms with Crippen molar-refractivity contribution < 1.29 is 4.79 Å². The molecule has 0 radical (unpaired) electrons. The average Bonchev–Trinajstić information content (AvgIpc) is 3.29. The van der Waals surface area contributed by atoms with Crippen molar-refractivity contribution in [1.82, 2.24) is 24.5 Å². The molecule has 1 aliphatic heterocycles. The highest BCUT2D eigenvalue weighted by Gasteiger charge is 2.29. The summed E-state index contributed by atoms with van der Waals surface area (Å²) in [6.45, 7) is 8.35. The molecular weight excluding hydrogens is 402 g/mol. The Labute approximate surface area is 180 Å². The van der Waals surface area contributed by atoms with Gasteiger partial charge in [-0.1, -0.05) is 38.4 Å². The first-order valence-electron chi connectivity index (χ1n) is 10.1. The van der Waals surface area contributed by atoms with Crippen LogP contribution in [0.4, 0.5) is 5.82 Å². The molecule has 0 unspecified atom stereocenters. The zero-order valence-electron chi connectivity index (χ0n) is 17.5. The third-order valence-corrected chi connectivity index (χ3v) is 5.71. The fraction of sp³-hybridized carbons (Fsp3) is 0.476. The van der Waals surface area contributed by atoms with Gasteiger partial charge in [-0.3, -0.25) is 4.79 Å². The van der Waals surface area contributed by atoms with Crippen molar-refractivity contribution in [1.29, 1.82) is 0 Å². The summed E-state index contributed by atoms with van der Waals surface area (Å²) in [6.07, 6.45) is 4.75. The molecule has 1 fully saturated rings. The van der Waals surface area contributed by atoms with Crippen LogP contribution in [0, 0.1) is 5.92 Å². The van der Waals surface area contributed by atoms with Gasteiger partial charge in [-0.2, -0.15) is 0 Å². The predicted molar refractivity (Wildman–Crippen MR) is 117 cm³/mol. The molecule has 0 aliphatic carbocycles. The molecule has 158 valence electrons. The van der Waals surface area contributed by atoms with Crippen molar-refractivity contribution in [3.8, 4) is 0 Å². The summed E-state index contributed by atoms with van der Waals surface area (Å²) in [5.74, 6) is 1.54. The number of carbonyl (C=O) groups is 1. The number of imidazole rings is 1. The minimum atomic E-state index is -0.261. The van der Waals surface area contributed by atoms with E-state index in [1.807, 2.05) is 16.7 Å². The van der Waals surface area contributed by atoms with Crippen LogP contribution in [0.25, 0.3) is 11.2 Å². The number of fused-ring (bicyclic) bond motifs is 1. The third kappa shape index (κ3) is 4.09. The van der Waals surface area contributed by atoms with Crippen LogP contribution >= 0.6 is 11.6 Å². The Bertz CT molecular complexity index is 1090. The highest BCUT2D eigenvalue weighted by molar-refractivity contribution is 6.30. The van der Waals surface area contributed by atoms with Gasteiger partial charge in [0.2, 0.25) is 5.91 Å². The van der Waals surface area contributed by atoms with Gasteiger partial charge in [0, 0.05) is 36.7 Å². The van der Waals surface area contributed by atoms with Gasteiger partial charge in [0.15, 0.2) is 17.0 Å². The number of rotatable bonds is 5. The van der Waals surface area contributed by atoms with Crippen molar-refractivity contribution >= 4 is 34.5 Å². The molecule has 4 rings (SSSR count). The third-order valence-electron chi connectivity index (χ3n) is 5.37. The highest BCUT2D eigenvalue weighted by atomic mass is 35.5. The van der Waals surface area contributed by atoms with Gasteiger partial charge in [-0.05, 0) is 18.4 Å². The van der Waals surface area contributed by atoms with Crippen LogP contribution in [0.15, 0.2) is 24.7 Å². The van der Waals surface area contributed by atoms with E-state index in [-0.39, 0.29) is 17.2 Å². The molecule has 1 atom stereocenters. The van der Waals surface area contributed by atoms with E-state index in [1.54, 1.807) is 12.5 Å². The van der Waals surface area contributed by atoms with E-state index < -0.39 is 0 Å². The van der Waals surface area contributed by atoms with E-state index in [9.17, 15) is 4.79 Å². The summed E-state index contributed by atoms with van der Waals surface area (Å²) in [5.41, 5.74) is 7.60. The number of nitrogens with two attached hydrogens (primary N) is 1. The zero-order chi connectivity index (χ0) is 21.5. The predicted octanol–water partition coefficient (Wildman–Crippen LogP) is 2.92. The summed E-state index contributed by atoms with van der Waals surface area (Å²) in [6, 6.07) is 3.81. The van der Waals surface area contributed by atoms with Gasteiger partial charge < -0.3 is 15.2 Å². The molecule has 0 saturated carbocycles. The molecule has 1 aliphatic rings. The van der Waals surface area contributed by atoms with Gasteiger partial charge in [0.05, 0.1) is 12.9 Å². The van der Waals surface area contributed by atoms with E-state index in [1.165, 1.54) is 0 Å². The number of halogens is 1. The number of primary amides is 1. The summed E-state index contributed by atoms with van der Waals surface area (Å²) >= 11 is 6.27. The lowest BCUT2D eigenvalue weighted by Crippen LogP contribution is -2.25. The summed E-state index contributed by atoms with van der Waals surface area (Å²) < 4.78 is 1.98. The first kappa shape index (κ1) is 20.5. The fourth-order valence-corrected chi connectivity index (χ4v) is 3.98. The van der Waals surface area contributed by atoms with Crippen LogP contribution in [-0.2, 0) is 16.8 Å². The van der Waals surface area contributed by atoms with Crippen molar-refractivity contribution in [3.05, 3.63) is 41.2 Å². The second-order valence-corrected chi connectivity index (χ2v) is 9.25. The van der Waals surface area contributed by atoms with Gasteiger partial charge >= 0.3 is 0 Å². The minimum absolute atomic E-state index is 0.226. The Balaban J connectivity index is 1.76. The first-order valence-corrected chi connectivity index (χ1v) is 10.5. The lowest BCUT2D eigenvalue weighted by molar-refractivity contribution is -0.118. The lowest BCUT2D eigenvalue weighted by atomic mass is 9.96. The molecule has 0 aromatic carbocycles. The standard InChI is InChI=1S/C21H26ClN7O/c1-21(2,3)20-26-18(28-8-6-13(10-28)9-15(23)30)16-19(27-20)29(12-25-16)11-14-5-4-7-24-17(14)22/h4-5,7,12-13H,6,8-11H2,1-3H3,(H2,23,30)/t13-/m0/s1. The molecule has 9 heteroatoms. The monoisotopic (exact) mass is 427 g/mol. The Morgan fingerprint density at radius 3 is 2.80 bits per heavy atom. The normalized spacial score (nSPS) is 17.1. The molecule has 8 nitrogen and oxygen atoms in total. The molecule has 30 heavy (non-hydrogen) atoms. The summed E-state index contributed by atoms with van der Waals surface area (Å²) in [7, 11) is 0. The molecule has 3 aromatic heterocycles. The second kappa shape index (κ2) is 7.83. The number of carbonyl (C=O) groups excluding carboxylic acids is 1. The molecule has 1 amide bonds. The van der Waals surface area contributed by atoms with Crippen LogP contribution in [-0.4, -0.2) is 43.5 Å². The van der Waals surface area contributed by atoms with Crippen LogP contribution < -0.4 is 10.6 Å². The molecule has 1 saturated heterocycles.